The standard InChI is InChI=1S/C13H18N4S/c1-2-6-17(10-3-5-14-8-10)13-12-11(4-7-18-12)15-9-16-13/h4,7,9-10,14H,2-3,5-6,8H2,1H3. The second-order valence-corrected chi connectivity index (χ2v) is 5.59. The second kappa shape index (κ2) is 5.20. The van der Waals surface area contributed by atoms with Crippen molar-refractivity contribution in [1.29, 1.82) is 0 Å². The van der Waals surface area contributed by atoms with E-state index in [2.05, 4.69) is 38.6 Å². The summed E-state index contributed by atoms with van der Waals surface area (Å²) in [6.45, 7) is 5.47. The lowest BCUT2D eigenvalue weighted by Gasteiger charge is -2.29. The fourth-order valence-corrected chi connectivity index (χ4v) is 3.44. The van der Waals surface area contributed by atoms with Crippen LogP contribution in [-0.2, 0) is 0 Å². The minimum absolute atomic E-state index is 0.574. The molecule has 0 radical (unpaired) electrons. The lowest BCUT2D eigenvalue weighted by molar-refractivity contribution is 0.620. The van der Waals surface area contributed by atoms with Gasteiger partial charge in [0.05, 0.1) is 10.2 Å². The van der Waals surface area contributed by atoms with Crippen molar-refractivity contribution in [3.63, 3.8) is 0 Å². The molecule has 1 saturated heterocycles. The van der Waals surface area contributed by atoms with E-state index in [1.165, 1.54) is 11.1 Å². The van der Waals surface area contributed by atoms with E-state index in [-0.39, 0.29) is 0 Å². The summed E-state index contributed by atoms with van der Waals surface area (Å²) in [4.78, 5) is 11.3. The fourth-order valence-electron chi connectivity index (χ4n) is 2.59. The molecule has 1 N–H and O–H groups in total. The van der Waals surface area contributed by atoms with Crippen LogP contribution < -0.4 is 10.2 Å². The van der Waals surface area contributed by atoms with Gasteiger partial charge in [0, 0.05) is 19.1 Å². The predicted octanol–water partition coefficient (Wildman–Crippen LogP) is 2.27. The van der Waals surface area contributed by atoms with Crippen LogP contribution in [0, 0.1) is 0 Å². The monoisotopic (exact) mass is 262 g/mol. The topological polar surface area (TPSA) is 41.1 Å². The second-order valence-electron chi connectivity index (χ2n) is 4.67. The van der Waals surface area contributed by atoms with Crippen LogP contribution in [0.4, 0.5) is 5.82 Å². The Morgan fingerprint density at radius 1 is 1.50 bits per heavy atom. The van der Waals surface area contributed by atoms with Crippen molar-refractivity contribution in [2.45, 2.75) is 25.8 Å². The molecule has 0 aliphatic carbocycles. The van der Waals surface area contributed by atoms with Gasteiger partial charge in [-0.15, -0.1) is 11.3 Å². The zero-order valence-corrected chi connectivity index (χ0v) is 11.4. The number of rotatable bonds is 4. The molecule has 1 fully saturated rings. The van der Waals surface area contributed by atoms with E-state index < -0.39 is 0 Å². The Hall–Kier alpha value is -1.20. The Kier molecular flexibility index (Phi) is 3.43. The largest absolute Gasteiger partial charge is 0.351 e. The molecule has 4 nitrogen and oxygen atoms in total. The molecule has 18 heavy (non-hydrogen) atoms. The number of nitrogens with one attached hydrogen (secondary N) is 1. The first-order valence-corrected chi connectivity index (χ1v) is 7.43. The molecule has 2 aromatic rings. The highest BCUT2D eigenvalue weighted by molar-refractivity contribution is 7.17. The predicted molar refractivity (Wildman–Crippen MR) is 76.3 cm³/mol. The summed E-state index contributed by atoms with van der Waals surface area (Å²) < 4.78 is 1.22. The Morgan fingerprint density at radius 3 is 3.22 bits per heavy atom. The van der Waals surface area contributed by atoms with Gasteiger partial charge in [0.15, 0.2) is 0 Å². The third-order valence-electron chi connectivity index (χ3n) is 3.44. The molecule has 5 heteroatoms. The van der Waals surface area contributed by atoms with Crippen LogP contribution in [0.2, 0.25) is 0 Å². The Labute approximate surface area is 111 Å². The highest BCUT2D eigenvalue weighted by Gasteiger charge is 2.24. The number of aromatic nitrogens is 2. The molecule has 0 amide bonds. The van der Waals surface area contributed by atoms with Crippen molar-refractivity contribution in [2.24, 2.45) is 0 Å². The van der Waals surface area contributed by atoms with Gasteiger partial charge < -0.3 is 10.2 Å². The zero-order valence-electron chi connectivity index (χ0n) is 10.6. The molecule has 1 aliphatic rings. The minimum Gasteiger partial charge on any atom is -0.351 e. The van der Waals surface area contributed by atoms with Crippen molar-refractivity contribution < 1.29 is 0 Å². The Bertz CT molecular complexity index is 518. The third kappa shape index (κ3) is 2.08. The quantitative estimate of drug-likeness (QED) is 0.917. The molecule has 1 aliphatic heterocycles. The van der Waals surface area contributed by atoms with Gasteiger partial charge in [0.25, 0.3) is 0 Å². The third-order valence-corrected chi connectivity index (χ3v) is 4.34. The zero-order chi connectivity index (χ0) is 12.4. The fraction of sp³-hybridized carbons (Fsp3) is 0.538. The lowest BCUT2D eigenvalue weighted by Crippen LogP contribution is -2.38. The molecule has 3 heterocycles. The maximum absolute atomic E-state index is 4.54. The summed E-state index contributed by atoms with van der Waals surface area (Å²) in [5, 5.41) is 5.54. The molecular formula is C13H18N4S. The number of hydrogen-bond acceptors (Lipinski definition) is 5. The average Bonchev–Trinajstić information content (AvgIpc) is 3.06. The van der Waals surface area contributed by atoms with Gasteiger partial charge in [0.2, 0.25) is 0 Å². The van der Waals surface area contributed by atoms with Crippen LogP contribution in [0.5, 0.6) is 0 Å². The first-order chi connectivity index (χ1) is 8.90. The van der Waals surface area contributed by atoms with Crippen molar-refractivity contribution in [1.82, 2.24) is 15.3 Å². The highest BCUT2D eigenvalue weighted by atomic mass is 32.1. The molecule has 0 spiro atoms. The van der Waals surface area contributed by atoms with Crippen molar-refractivity contribution in [2.75, 3.05) is 24.5 Å². The van der Waals surface area contributed by atoms with Gasteiger partial charge in [-0.3, -0.25) is 0 Å². The van der Waals surface area contributed by atoms with Gasteiger partial charge in [-0.25, -0.2) is 9.97 Å². The SMILES string of the molecule is CCCN(c1ncnc2ccsc12)C1CCNC1. The van der Waals surface area contributed by atoms with Crippen LogP contribution in [0.25, 0.3) is 10.2 Å². The van der Waals surface area contributed by atoms with E-state index in [4.69, 9.17) is 0 Å². The molecule has 1 atom stereocenters. The average molecular weight is 262 g/mol. The first kappa shape index (κ1) is 11.9. The van der Waals surface area contributed by atoms with E-state index in [1.54, 1.807) is 17.7 Å². The van der Waals surface area contributed by atoms with E-state index in [1.807, 2.05) is 0 Å². The number of nitrogens with zero attached hydrogens (tertiary/aromatic N) is 3. The van der Waals surface area contributed by atoms with Gasteiger partial charge in [-0.05, 0) is 30.8 Å². The van der Waals surface area contributed by atoms with E-state index >= 15 is 0 Å². The Morgan fingerprint density at radius 2 is 2.44 bits per heavy atom. The van der Waals surface area contributed by atoms with Crippen LogP contribution in [0.15, 0.2) is 17.8 Å². The molecule has 2 aromatic heterocycles. The normalized spacial score (nSPS) is 19.5. The first-order valence-electron chi connectivity index (χ1n) is 6.55. The summed E-state index contributed by atoms with van der Waals surface area (Å²) in [6.07, 6.45) is 4.04. The molecule has 0 saturated carbocycles. The molecule has 1 unspecified atom stereocenters. The van der Waals surface area contributed by atoms with Crippen LogP contribution in [-0.4, -0.2) is 35.6 Å². The Balaban J connectivity index is 2.00. The maximum Gasteiger partial charge on any atom is 0.150 e. The maximum atomic E-state index is 4.54. The summed E-state index contributed by atoms with van der Waals surface area (Å²) >= 11 is 1.74. The van der Waals surface area contributed by atoms with Gasteiger partial charge in [0.1, 0.15) is 12.1 Å². The van der Waals surface area contributed by atoms with Crippen molar-refractivity contribution in [3.8, 4) is 0 Å². The van der Waals surface area contributed by atoms with Gasteiger partial charge in [-0.1, -0.05) is 6.92 Å². The lowest BCUT2D eigenvalue weighted by atomic mass is 10.2. The number of anilines is 1. The highest BCUT2D eigenvalue weighted by Crippen LogP contribution is 2.30. The summed E-state index contributed by atoms with van der Waals surface area (Å²) in [5.74, 6) is 1.12. The molecule has 0 bridgehead atoms. The molecule has 96 valence electrons. The molecular weight excluding hydrogens is 244 g/mol. The van der Waals surface area contributed by atoms with Gasteiger partial charge >= 0.3 is 0 Å². The summed E-state index contributed by atoms with van der Waals surface area (Å²) in [5.41, 5.74) is 1.07. The summed E-state index contributed by atoms with van der Waals surface area (Å²) in [6, 6.07) is 2.65. The number of hydrogen-bond donors (Lipinski definition) is 1. The smallest absolute Gasteiger partial charge is 0.150 e. The number of fused-ring (bicyclic) bond motifs is 1. The van der Waals surface area contributed by atoms with E-state index in [0.29, 0.717) is 6.04 Å². The van der Waals surface area contributed by atoms with Crippen LogP contribution in [0.1, 0.15) is 19.8 Å². The minimum atomic E-state index is 0.574. The molecule has 3 rings (SSSR count). The van der Waals surface area contributed by atoms with Crippen LogP contribution >= 0.6 is 11.3 Å². The van der Waals surface area contributed by atoms with E-state index in [9.17, 15) is 0 Å². The summed E-state index contributed by atoms with van der Waals surface area (Å²) in [7, 11) is 0. The van der Waals surface area contributed by atoms with Crippen molar-refractivity contribution >= 4 is 27.4 Å². The van der Waals surface area contributed by atoms with E-state index in [0.717, 1.165) is 37.4 Å². The number of thiophene rings is 1. The van der Waals surface area contributed by atoms with Gasteiger partial charge in [-0.2, -0.15) is 0 Å². The van der Waals surface area contributed by atoms with Crippen LogP contribution in [0.3, 0.4) is 0 Å². The molecule has 0 aromatic carbocycles. The van der Waals surface area contributed by atoms with Crippen molar-refractivity contribution in [3.05, 3.63) is 17.8 Å².